The van der Waals surface area contributed by atoms with Crippen molar-refractivity contribution in [3.05, 3.63) is 30.1 Å². The summed E-state index contributed by atoms with van der Waals surface area (Å²) in [5, 5.41) is 0. The molecule has 0 unspecified atom stereocenters. The summed E-state index contributed by atoms with van der Waals surface area (Å²) >= 11 is 0. The number of nitrogens with zero attached hydrogens (tertiary/aromatic N) is 2. The first-order valence-corrected chi connectivity index (χ1v) is 6.14. The number of halogens is 1. The molecule has 0 spiro atoms. The van der Waals surface area contributed by atoms with E-state index >= 15 is 0 Å². The fourth-order valence-corrected chi connectivity index (χ4v) is 2.29. The quantitative estimate of drug-likeness (QED) is 0.860. The number of anilines is 1. The summed E-state index contributed by atoms with van der Waals surface area (Å²) in [6.45, 7) is 6.58. The number of hydrogen-bond donors (Lipinski definition) is 1. The smallest absolute Gasteiger partial charge is 0.146 e. The molecule has 1 aliphatic heterocycles. The maximum atomic E-state index is 13.6. The van der Waals surface area contributed by atoms with E-state index in [0.717, 1.165) is 32.7 Å². The van der Waals surface area contributed by atoms with Gasteiger partial charge in [0.25, 0.3) is 0 Å². The molecule has 1 aliphatic rings. The molecule has 0 radical (unpaired) electrons. The molecule has 1 fully saturated rings. The Hall–Kier alpha value is -1.13. The third kappa shape index (κ3) is 3.17. The molecular weight excluding hydrogens is 217 g/mol. The topological polar surface area (TPSA) is 32.5 Å². The molecule has 17 heavy (non-hydrogen) atoms. The van der Waals surface area contributed by atoms with Crippen molar-refractivity contribution in [2.24, 2.45) is 5.73 Å². The zero-order valence-corrected chi connectivity index (χ0v) is 10.3. The molecule has 0 amide bonds. The van der Waals surface area contributed by atoms with Crippen LogP contribution in [0.15, 0.2) is 24.3 Å². The van der Waals surface area contributed by atoms with E-state index in [-0.39, 0.29) is 11.9 Å². The lowest BCUT2D eigenvalue weighted by Crippen LogP contribution is -2.49. The Morgan fingerprint density at radius 3 is 2.47 bits per heavy atom. The van der Waals surface area contributed by atoms with E-state index in [2.05, 4.69) is 9.80 Å². The van der Waals surface area contributed by atoms with Gasteiger partial charge in [0.05, 0.1) is 5.69 Å². The molecule has 3 nitrogen and oxygen atoms in total. The van der Waals surface area contributed by atoms with Crippen molar-refractivity contribution in [1.82, 2.24) is 4.90 Å². The Balaban J connectivity index is 1.93. The van der Waals surface area contributed by atoms with Crippen LogP contribution in [-0.2, 0) is 0 Å². The second-order valence-corrected chi connectivity index (χ2v) is 4.72. The molecule has 1 atom stereocenters. The van der Waals surface area contributed by atoms with Gasteiger partial charge in [0.15, 0.2) is 0 Å². The van der Waals surface area contributed by atoms with E-state index in [1.54, 1.807) is 6.07 Å². The van der Waals surface area contributed by atoms with Gasteiger partial charge in [0.2, 0.25) is 0 Å². The van der Waals surface area contributed by atoms with Gasteiger partial charge in [-0.3, -0.25) is 4.90 Å². The van der Waals surface area contributed by atoms with E-state index in [0.29, 0.717) is 5.69 Å². The zero-order chi connectivity index (χ0) is 12.3. The number of rotatable bonds is 3. The average molecular weight is 237 g/mol. The summed E-state index contributed by atoms with van der Waals surface area (Å²) in [5.74, 6) is -0.131. The second kappa shape index (κ2) is 5.47. The molecule has 94 valence electrons. The summed E-state index contributed by atoms with van der Waals surface area (Å²) in [5.41, 5.74) is 6.49. The molecule has 1 aromatic carbocycles. The van der Waals surface area contributed by atoms with Gasteiger partial charge in [0.1, 0.15) is 5.82 Å². The molecule has 2 rings (SSSR count). The minimum atomic E-state index is -0.131. The zero-order valence-electron chi connectivity index (χ0n) is 10.3. The van der Waals surface area contributed by atoms with Crippen LogP contribution in [0.3, 0.4) is 0 Å². The SMILES string of the molecule is C[C@H](N)CN1CCN(c2ccccc2F)CC1. The van der Waals surface area contributed by atoms with Gasteiger partial charge in [-0.2, -0.15) is 0 Å². The largest absolute Gasteiger partial charge is 0.367 e. The number of nitrogens with two attached hydrogens (primary N) is 1. The van der Waals surface area contributed by atoms with E-state index in [1.165, 1.54) is 6.07 Å². The van der Waals surface area contributed by atoms with Gasteiger partial charge in [-0.25, -0.2) is 4.39 Å². The van der Waals surface area contributed by atoms with Crippen molar-refractivity contribution in [1.29, 1.82) is 0 Å². The van der Waals surface area contributed by atoms with Crippen LogP contribution >= 0.6 is 0 Å². The second-order valence-electron chi connectivity index (χ2n) is 4.72. The van der Waals surface area contributed by atoms with Crippen molar-refractivity contribution in [3.63, 3.8) is 0 Å². The Labute approximate surface area is 102 Å². The molecule has 1 saturated heterocycles. The molecule has 0 aromatic heterocycles. The summed E-state index contributed by atoms with van der Waals surface area (Å²) < 4.78 is 13.6. The van der Waals surface area contributed by atoms with Gasteiger partial charge in [-0.15, -0.1) is 0 Å². The first kappa shape index (κ1) is 12.3. The highest BCUT2D eigenvalue weighted by Crippen LogP contribution is 2.19. The summed E-state index contributed by atoms with van der Waals surface area (Å²) in [7, 11) is 0. The summed E-state index contributed by atoms with van der Waals surface area (Å²) in [4.78, 5) is 4.44. The van der Waals surface area contributed by atoms with Gasteiger partial charge in [-0.05, 0) is 19.1 Å². The minimum Gasteiger partial charge on any atom is -0.367 e. The molecule has 1 heterocycles. The van der Waals surface area contributed by atoms with Crippen LogP contribution in [0.1, 0.15) is 6.92 Å². The molecule has 0 aliphatic carbocycles. The number of piperazine rings is 1. The first-order valence-electron chi connectivity index (χ1n) is 6.14. The number of benzene rings is 1. The highest BCUT2D eigenvalue weighted by Gasteiger charge is 2.19. The maximum Gasteiger partial charge on any atom is 0.146 e. The third-order valence-corrected chi connectivity index (χ3v) is 3.11. The van der Waals surface area contributed by atoms with Crippen LogP contribution < -0.4 is 10.6 Å². The van der Waals surface area contributed by atoms with Crippen molar-refractivity contribution in [2.45, 2.75) is 13.0 Å². The summed E-state index contributed by atoms with van der Waals surface area (Å²) in [6, 6.07) is 7.17. The van der Waals surface area contributed by atoms with E-state index in [4.69, 9.17) is 5.73 Å². The van der Waals surface area contributed by atoms with Crippen LogP contribution in [0.25, 0.3) is 0 Å². The van der Waals surface area contributed by atoms with Crippen LogP contribution in [0.2, 0.25) is 0 Å². The predicted molar refractivity (Wildman–Crippen MR) is 68.7 cm³/mol. The fourth-order valence-electron chi connectivity index (χ4n) is 2.29. The lowest BCUT2D eigenvalue weighted by Gasteiger charge is -2.36. The number of hydrogen-bond acceptors (Lipinski definition) is 3. The van der Waals surface area contributed by atoms with Gasteiger partial charge in [0, 0.05) is 38.8 Å². The van der Waals surface area contributed by atoms with Crippen LogP contribution in [-0.4, -0.2) is 43.7 Å². The van der Waals surface area contributed by atoms with Crippen molar-refractivity contribution < 1.29 is 4.39 Å². The third-order valence-electron chi connectivity index (χ3n) is 3.11. The van der Waals surface area contributed by atoms with Crippen molar-refractivity contribution in [2.75, 3.05) is 37.6 Å². The first-order chi connectivity index (χ1) is 8.16. The monoisotopic (exact) mass is 237 g/mol. The fraction of sp³-hybridized carbons (Fsp3) is 0.538. The lowest BCUT2D eigenvalue weighted by atomic mass is 10.2. The summed E-state index contributed by atoms with van der Waals surface area (Å²) in [6.07, 6.45) is 0. The Kier molecular flexibility index (Phi) is 3.97. The van der Waals surface area contributed by atoms with Gasteiger partial charge in [-0.1, -0.05) is 12.1 Å². The highest BCUT2D eigenvalue weighted by atomic mass is 19.1. The standard InChI is InChI=1S/C13H20FN3/c1-11(15)10-16-6-8-17(9-7-16)13-5-3-2-4-12(13)14/h2-5,11H,6-10,15H2,1H3/t11-/m0/s1. The van der Waals surface area contributed by atoms with Crippen molar-refractivity contribution in [3.8, 4) is 0 Å². The van der Waals surface area contributed by atoms with E-state index in [1.807, 2.05) is 19.1 Å². The lowest BCUT2D eigenvalue weighted by molar-refractivity contribution is 0.246. The van der Waals surface area contributed by atoms with Crippen LogP contribution in [0.4, 0.5) is 10.1 Å². The average Bonchev–Trinajstić information content (AvgIpc) is 2.30. The van der Waals surface area contributed by atoms with Crippen LogP contribution in [0.5, 0.6) is 0 Å². The molecule has 2 N–H and O–H groups in total. The molecular formula is C13H20FN3. The van der Waals surface area contributed by atoms with Crippen LogP contribution in [0, 0.1) is 5.82 Å². The molecule has 0 saturated carbocycles. The number of para-hydroxylation sites is 1. The Morgan fingerprint density at radius 1 is 1.24 bits per heavy atom. The Morgan fingerprint density at radius 2 is 1.88 bits per heavy atom. The Bertz CT molecular complexity index is 359. The van der Waals surface area contributed by atoms with Crippen molar-refractivity contribution >= 4 is 5.69 Å². The van der Waals surface area contributed by atoms with E-state index in [9.17, 15) is 4.39 Å². The highest BCUT2D eigenvalue weighted by molar-refractivity contribution is 5.47. The predicted octanol–water partition coefficient (Wildman–Crippen LogP) is 1.29. The maximum absolute atomic E-state index is 13.6. The van der Waals surface area contributed by atoms with Gasteiger partial charge < -0.3 is 10.6 Å². The molecule has 1 aromatic rings. The van der Waals surface area contributed by atoms with E-state index < -0.39 is 0 Å². The van der Waals surface area contributed by atoms with Gasteiger partial charge >= 0.3 is 0 Å². The minimum absolute atomic E-state index is 0.131. The molecule has 4 heteroatoms. The molecule has 0 bridgehead atoms. The normalized spacial score (nSPS) is 19.4.